The van der Waals surface area contributed by atoms with Crippen molar-refractivity contribution >= 4 is 17.4 Å². The first-order valence-corrected chi connectivity index (χ1v) is 12.1. The van der Waals surface area contributed by atoms with Crippen molar-refractivity contribution < 1.29 is 19.4 Å². The van der Waals surface area contributed by atoms with E-state index in [4.69, 9.17) is 19.7 Å². The van der Waals surface area contributed by atoms with Crippen molar-refractivity contribution in [2.24, 2.45) is 5.10 Å². The van der Waals surface area contributed by atoms with Crippen molar-refractivity contribution in [1.29, 1.82) is 0 Å². The van der Waals surface area contributed by atoms with Crippen molar-refractivity contribution in [1.82, 2.24) is 0 Å². The number of aliphatic hydroxyl groups excluding tert-OH is 1. The number of benzene rings is 3. The summed E-state index contributed by atoms with van der Waals surface area (Å²) in [5, 5.41) is 15.9. The molecule has 0 aliphatic carbocycles. The van der Waals surface area contributed by atoms with Gasteiger partial charge in [0.1, 0.15) is 5.75 Å². The van der Waals surface area contributed by atoms with E-state index in [9.17, 15) is 4.79 Å². The lowest BCUT2D eigenvalue weighted by atomic mass is 9.97. The molecule has 0 aromatic heterocycles. The molecule has 4 rings (SSSR count). The monoisotopic (exact) mass is 472 g/mol. The van der Waals surface area contributed by atoms with Crippen LogP contribution in [0.4, 0.5) is 5.69 Å². The molecule has 0 saturated carbocycles. The molecule has 0 spiro atoms. The van der Waals surface area contributed by atoms with Gasteiger partial charge in [0.05, 0.1) is 24.0 Å². The summed E-state index contributed by atoms with van der Waals surface area (Å²) in [6.45, 7) is 4.40. The number of esters is 1. The van der Waals surface area contributed by atoms with Crippen LogP contribution in [0.2, 0.25) is 0 Å². The molecule has 1 aliphatic heterocycles. The van der Waals surface area contributed by atoms with Crippen LogP contribution in [-0.4, -0.2) is 36.6 Å². The third kappa shape index (κ3) is 6.28. The summed E-state index contributed by atoms with van der Waals surface area (Å²) in [6, 6.07) is 26.7. The van der Waals surface area contributed by atoms with Gasteiger partial charge in [-0.15, -0.1) is 0 Å². The molecule has 1 unspecified atom stereocenters. The lowest BCUT2D eigenvalue weighted by Crippen LogP contribution is -2.18. The normalized spacial score (nSPS) is 15.3. The first kappa shape index (κ1) is 24.5. The van der Waals surface area contributed by atoms with Crippen molar-refractivity contribution in [2.75, 3.05) is 24.8 Å². The summed E-state index contributed by atoms with van der Waals surface area (Å²) >= 11 is 0. The van der Waals surface area contributed by atoms with E-state index in [2.05, 4.69) is 55.3 Å². The highest BCUT2D eigenvalue weighted by molar-refractivity contribution is 6.03. The number of hydrogen-bond acceptors (Lipinski definition) is 6. The third-order valence-electron chi connectivity index (χ3n) is 6.03. The van der Waals surface area contributed by atoms with Gasteiger partial charge in [-0.05, 0) is 46.9 Å². The van der Waals surface area contributed by atoms with Crippen LogP contribution in [0, 0.1) is 0 Å². The molecule has 182 valence electrons. The molecule has 3 aromatic carbocycles. The SMILES string of the molecule is CC(C)c1ccc(N2N=C(c3ccccc3)CC2c2ccc(OCC(=O)OCCCO)cc2)cc1. The Bertz CT molecular complexity index is 1130. The molecule has 0 amide bonds. The molecule has 1 atom stereocenters. The molecule has 1 N–H and O–H groups in total. The molecule has 6 nitrogen and oxygen atoms in total. The molecule has 1 heterocycles. The number of rotatable bonds is 10. The van der Waals surface area contributed by atoms with Crippen molar-refractivity contribution in [3.8, 4) is 5.75 Å². The summed E-state index contributed by atoms with van der Waals surface area (Å²) in [4.78, 5) is 11.8. The zero-order valence-corrected chi connectivity index (χ0v) is 20.3. The number of hydrogen-bond donors (Lipinski definition) is 1. The Hall–Kier alpha value is -3.64. The number of carbonyl (C=O) groups excluding carboxylic acids is 1. The van der Waals surface area contributed by atoms with E-state index in [0.29, 0.717) is 18.1 Å². The van der Waals surface area contributed by atoms with Gasteiger partial charge in [0.2, 0.25) is 0 Å². The molecule has 6 heteroatoms. The lowest BCUT2D eigenvalue weighted by Gasteiger charge is -2.24. The molecule has 0 bridgehead atoms. The predicted molar refractivity (Wildman–Crippen MR) is 138 cm³/mol. The largest absolute Gasteiger partial charge is 0.482 e. The molecule has 0 fully saturated rings. The minimum absolute atomic E-state index is 0.00858. The van der Waals surface area contributed by atoms with Gasteiger partial charge in [-0.2, -0.15) is 5.10 Å². The first-order valence-electron chi connectivity index (χ1n) is 12.1. The second kappa shape index (κ2) is 11.7. The van der Waals surface area contributed by atoms with E-state index in [1.807, 2.05) is 42.5 Å². The minimum atomic E-state index is -0.449. The average molecular weight is 473 g/mol. The van der Waals surface area contributed by atoms with E-state index in [0.717, 1.165) is 28.9 Å². The van der Waals surface area contributed by atoms with E-state index in [1.165, 1.54) is 5.56 Å². The standard InChI is InChI=1S/C29H32N2O4/c1-21(2)22-9-13-25(14-10-22)31-28(19-27(30-31)23-7-4-3-5-8-23)24-11-15-26(16-12-24)35-20-29(33)34-18-6-17-32/h3-5,7-16,21,28,32H,6,17-20H2,1-2H3. The van der Waals surface area contributed by atoms with E-state index in [-0.39, 0.29) is 25.9 Å². The van der Waals surface area contributed by atoms with E-state index in [1.54, 1.807) is 0 Å². The molecular formula is C29H32N2O4. The van der Waals surface area contributed by atoms with Crippen LogP contribution in [0.3, 0.4) is 0 Å². The molecule has 1 aliphatic rings. The summed E-state index contributed by atoms with van der Waals surface area (Å²) in [6.07, 6.45) is 1.21. The number of hydrazone groups is 1. The first-order chi connectivity index (χ1) is 17.0. The summed E-state index contributed by atoms with van der Waals surface area (Å²) in [5.41, 5.74) is 5.64. The summed E-state index contributed by atoms with van der Waals surface area (Å²) in [7, 11) is 0. The quantitative estimate of drug-likeness (QED) is 0.313. The summed E-state index contributed by atoms with van der Waals surface area (Å²) < 4.78 is 10.6. The maximum atomic E-state index is 11.8. The number of anilines is 1. The van der Waals surface area contributed by atoms with Crippen LogP contribution in [0.25, 0.3) is 0 Å². The molecule has 35 heavy (non-hydrogen) atoms. The van der Waals surface area contributed by atoms with Crippen LogP contribution < -0.4 is 9.75 Å². The van der Waals surface area contributed by atoms with Gasteiger partial charge in [0.25, 0.3) is 0 Å². The van der Waals surface area contributed by atoms with Crippen molar-refractivity contribution in [2.45, 2.75) is 38.6 Å². The van der Waals surface area contributed by atoms with Gasteiger partial charge >= 0.3 is 5.97 Å². The van der Waals surface area contributed by atoms with Gasteiger partial charge in [-0.25, -0.2) is 4.79 Å². The Morgan fingerprint density at radius 1 is 1.03 bits per heavy atom. The fraction of sp³-hybridized carbons (Fsp3) is 0.310. The molecule has 0 radical (unpaired) electrons. The topological polar surface area (TPSA) is 71.4 Å². The van der Waals surface area contributed by atoms with Crippen molar-refractivity contribution in [3.05, 3.63) is 95.6 Å². The van der Waals surface area contributed by atoms with Gasteiger partial charge in [-0.3, -0.25) is 5.01 Å². The Balaban J connectivity index is 1.51. The van der Waals surface area contributed by atoms with Gasteiger partial charge in [0.15, 0.2) is 6.61 Å². The molecular weight excluding hydrogens is 440 g/mol. The van der Waals surface area contributed by atoms with Gasteiger partial charge in [-0.1, -0.05) is 68.4 Å². The predicted octanol–water partition coefficient (Wildman–Crippen LogP) is 5.47. The Morgan fingerprint density at radius 2 is 1.74 bits per heavy atom. The highest BCUT2D eigenvalue weighted by Gasteiger charge is 2.30. The van der Waals surface area contributed by atoms with Gasteiger partial charge < -0.3 is 14.6 Å². The minimum Gasteiger partial charge on any atom is -0.482 e. The van der Waals surface area contributed by atoms with Crippen LogP contribution >= 0.6 is 0 Å². The van der Waals surface area contributed by atoms with Crippen LogP contribution in [0.1, 0.15) is 55.3 Å². The second-order valence-electron chi connectivity index (χ2n) is 8.88. The summed E-state index contributed by atoms with van der Waals surface area (Å²) in [5.74, 6) is 0.624. The lowest BCUT2D eigenvalue weighted by molar-refractivity contribution is -0.146. The van der Waals surface area contributed by atoms with Crippen molar-refractivity contribution in [3.63, 3.8) is 0 Å². The van der Waals surface area contributed by atoms with Crippen LogP contribution in [0.15, 0.2) is 84.0 Å². The van der Waals surface area contributed by atoms with Gasteiger partial charge in [0, 0.05) is 19.4 Å². The van der Waals surface area contributed by atoms with Crippen LogP contribution in [-0.2, 0) is 9.53 Å². The Kier molecular flexibility index (Phi) is 8.16. The third-order valence-corrected chi connectivity index (χ3v) is 6.03. The van der Waals surface area contributed by atoms with Crippen LogP contribution in [0.5, 0.6) is 5.75 Å². The fourth-order valence-corrected chi connectivity index (χ4v) is 4.05. The maximum absolute atomic E-state index is 11.8. The fourth-order valence-electron chi connectivity index (χ4n) is 4.05. The number of carbonyl (C=O) groups is 1. The second-order valence-corrected chi connectivity index (χ2v) is 8.88. The highest BCUT2D eigenvalue weighted by Crippen LogP contribution is 2.37. The maximum Gasteiger partial charge on any atom is 0.344 e. The van der Waals surface area contributed by atoms with E-state index >= 15 is 0 Å². The molecule has 3 aromatic rings. The average Bonchev–Trinajstić information content (AvgIpc) is 3.34. The Labute approximate surface area is 206 Å². The number of aliphatic hydroxyl groups is 1. The zero-order chi connectivity index (χ0) is 24.6. The Morgan fingerprint density at radius 3 is 2.40 bits per heavy atom. The number of ether oxygens (including phenoxy) is 2. The van der Waals surface area contributed by atoms with E-state index < -0.39 is 5.97 Å². The highest BCUT2D eigenvalue weighted by atomic mass is 16.6. The zero-order valence-electron chi connectivity index (χ0n) is 20.3. The number of nitrogens with zero attached hydrogens (tertiary/aromatic N) is 2. The molecule has 0 saturated heterocycles. The smallest absolute Gasteiger partial charge is 0.344 e.